The van der Waals surface area contributed by atoms with Gasteiger partial charge in [0.25, 0.3) is 5.56 Å². The Labute approximate surface area is 147 Å². The summed E-state index contributed by atoms with van der Waals surface area (Å²) in [5, 5.41) is 8.42. The van der Waals surface area contributed by atoms with Crippen LogP contribution in [0.3, 0.4) is 0 Å². The molecule has 0 spiro atoms. The fourth-order valence-corrected chi connectivity index (χ4v) is 3.94. The summed E-state index contributed by atoms with van der Waals surface area (Å²) in [4.78, 5) is 16.5. The molecule has 1 saturated carbocycles. The third kappa shape index (κ3) is 3.09. The summed E-state index contributed by atoms with van der Waals surface area (Å²) in [6.45, 7) is 2.05. The molecule has 0 saturated heterocycles. The first-order valence-electron chi connectivity index (χ1n) is 9.23. The third-order valence-electron chi connectivity index (χ3n) is 5.37. The van der Waals surface area contributed by atoms with Gasteiger partial charge in [0.1, 0.15) is 0 Å². The number of hydrogen-bond donors (Lipinski definition) is 1. The van der Waals surface area contributed by atoms with Gasteiger partial charge in [-0.25, -0.2) is 5.10 Å². The largest absolute Gasteiger partial charge is 0.272 e. The standard InChI is InChI=1S/C21H23N3O/c1-2-20-19-11-15(8-9-18(19)21(25)24-23-20)17-10-16(12-22-13-17)14-6-4-3-5-7-14/h8-14H,2-7H2,1H3,(H,24,25). The van der Waals surface area contributed by atoms with Crippen LogP contribution in [0.2, 0.25) is 0 Å². The van der Waals surface area contributed by atoms with Gasteiger partial charge in [0.2, 0.25) is 0 Å². The molecule has 0 atom stereocenters. The molecule has 1 aromatic carbocycles. The summed E-state index contributed by atoms with van der Waals surface area (Å²) in [5.41, 5.74) is 4.35. The van der Waals surface area contributed by atoms with Crippen molar-refractivity contribution in [3.63, 3.8) is 0 Å². The number of aryl methyl sites for hydroxylation is 1. The van der Waals surface area contributed by atoms with E-state index in [9.17, 15) is 4.79 Å². The van der Waals surface area contributed by atoms with E-state index in [2.05, 4.69) is 34.2 Å². The van der Waals surface area contributed by atoms with Crippen LogP contribution in [-0.4, -0.2) is 15.2 Å². The Bertz CT molecular complexity index is 955. The summed E-state index contributed by atoms with van der Waals surface area (Å²) < 4.78 is 0. The van der Waals surface area contributed by atoms with Gasteiger partial charge in [-0.1, -0.05) is 32.3 Å². The Morgan fingerprint density at radius 3 is 2.68 bits per heavy atom. The Hall–Kier alpha value is -2.49. The number of nitrogens with zero attached hydrogens (tertiary/aromatic N) is 2. The fraction of sp³-hybridized carbons (Fsp3) is 0.381. The molecule has 0 amide bonds. The zero-order valence-electron chi connectivity index (χ0n) is 14.6. The van der Waals surface area contributed by atoms with Crippen molar-refractivity contribution in [2.24, 2.45) is 0 Å². The molecule has 4 nitrogen and oxygen atoms in total. The van der Waals surface area contributed by atoms with Gasteiger partial charge >= 0.3 is 0 Å². The number of H-pyrrole nitrogens is 1. The van der Waals surface area contributed by atoms with E-state index in [1.807, 2.05) is 24.5 Å². The van der Waals surface area contributed by atoms with Gasteiger partial charge in [-0.05, 0) is 54.5 Å². The van der Waals surface area contributed by atoms with Crippen LogP contribution < -0.4 is 5.56 Å². The van der Waals surface area contributed by atoms with Crippen LogP contribution in [0.5, 0.6) is 0 Å². The van der Waals surface area contributed by atoms with Gasteiger partial charge in [0, 0.05) is 23.3 Å². The van der Waals surface area contributed by atoms with E-state index in [-0.39, 0.29) is 5.56 Å². The Balaban J connectivity index is 1.78. The second kappa shape index (κ2) is 6.79. The maximum absolute atomic E-state index is 12.0. The molecular weight excluding hydrogens is 310 g/mol. The molecule has 1 aliphatic carbocycles. The first-order chi connectivity index (χ1) is 12.3. The van der Waals surface area contributed by atoms with Gasteiger partial charge in [-0.2, -0.15) is 5.10 Å². The van der Waals surface area contributed by atoms with Crippen LogP contribution in [0.25, 0.3) is 21.9 Å². The number of pyridine rings is 1. The topological polar surface area (TPSA) is 58.6 Å². The van der Waals surface area contributed by atoms with E-state index in [0.717, 1.165) is 28.6 Å². The van der Waals surface area contributed by atoms with E-state index < -0.39 is 0 Å². The maximum atomic E-state index is 12.0. The van der Waals surface area contributed by atoms with Gasteiger partial charge in [0.05, 0.1) is 11.1 Å². The predicted octanol–water partition coefficient (Wildman–Crippen LogP) is 4.60. The molecule has 25 heavy (non-hydrogen) atoms. The zero-order valence-corrected chi connectivity index (χ0v) is 14.6. The van der Waals surface area contributed by atoms with E-state index in [1.54, 1.807) is 0 Å². The van der Waals surface area contributed by atoms with Crippen LogP contribution in [0, 0.1) is 0 Å². The minimum Gasteiger partial charge on any atom is -0.267 e. The number of aromatic amines is 1. The molecule has 128 valence electrons. The quantitative estimate of drug-likeness (QED) is 0.762. The summed E-state index contributed by atoms with van der Waals surface area (Å²) >= 11 is 0. The highest BCUT2D eigenvalue weighted by molar-refractivity contribution is 5.88. The molecule has 4 heteroatoms. The number of aromatic nitrogens is 3. The summed E-state index contributed by atoms with van der Waals surface area (Å²) in [7, 11) is 0. The molecule has 0 radical (unpaired) electrons. The molecule has 4 rings (SSSR count). The first-order valence-corrected chi connectivity index (χ1v) is 9.23. The first kappa shape index (κ1) is 16.0. The lowest BCUT2D eigenvalue weighted by atomic mass is 9.84. The van der Waals surface area contributed by atoms with Crippen molar-refractivity contribution in [2.45, 2.75) is 51.4 Å². The molecule has 2 heterocycles. The number of hydrogen-bond acceptors (Lipinski definition) is 3. The lowest BCUT2D eigenvalue weighted by Gasteiger charge is -2.22. The predicted molar refractivity (Wildman–Crippen MR) is 101 cm³/mol. The number of benzene rings is 1. The van der Waals surface area contributed by atoms with E-state index in [0.29, 0.717) is 11.3 Å². The third-order valence-corrected chi connectivity index (χ3v) is 5.37. The zero-order chi connectivity index (χ0) is 17.2. The second-order valence-electron chi connectivity index (χ2n) is 6.96. The molecule has 1 aliphatic rings. The molecule has 0 unspecified atom stereocenters. The van der Waals surface area contributed by atoms with Crippen LogP contribution >= 0.6 is 0 Å². The van der Waals surface area contributed by atoms with Crippen LogP contribution in [0.15, 0.2) is 41.5 Å². The monoisotopic (exact) mass is 333 g/mol. The summed E-state index contributed by atoms with van der Waals surface area (Å²) in [5.74, 6) is 0.636. The highest BCUT2D eigenvalue weighted by atomic mass is 16.1. The molecule has 1 fully saturated rings. The van der Waals surface area contributed by atoms with Gasteiger partial charge < -0.3 is 0 Å². The summed E-state index contributed by atoms with van der Waals surface area (Å²) in [6, 6.07) is 8.27. The minimum absolute atomic E-state index is 0.132. The molecule has 3 aromatic rings. The average Bonchev–Trinajstić information content (AvgIpc) is 2.69. The van der Waals surface area contributed by atoms with Gasteiger partial charge in [0.15, 0.2) is 0 Å². The second-order valence-corrected chi connectivity index (χ2v) is 6.96. The fourth-order valence-electron chi connectivity index (χ4n) is 3.94. The highest BCUT2D eigenvalue weighted by Crippen LogP contribution is 2.34. The van der Waals surface area contributed by atoms with E-state index in [4.69, 9.17) is 0 Å². The SMILES string of the molecule is CCc1n[nH]c(=O)c2ccc(-c3cncc(C4CCCCC4)c3)cc12. The molecular formula is C21H23N3O. The lowest BCUT2D eigenvalue weighted by molar-refractivity contribution is 0.443. The molecule has 1 N–H and O–H groups in total. The molecule has 2 aromatic heterocycles. The Morgan fingerprint density at radius 1 is 1.04 bits per heavy atom. The Morgan fingerprint density at radius 2 is 1.88 bits per heavy atom. The lowest BCUT2D eigenvalue weighted by Crippen LogP contribution is -2.10. The van der Waals surface area contributed by atoms with Crippen molar-refractivity contribution in [1.82, 2.24) is 15.2 Å². The van der Waals surface area contributed by atoms with E-state index >= 15 is 0 Å². The van der Waals surface area contributed by atoms with Crippen molar-refractivity contribution >= 4 is 10.8 Å². The van der Waals surface area contributed by atoms with Gasteiger partial charge in [-0.15, -0.1) is 0 Å². The minimum atomic E-state index is -0.132. The highest BCUT2D eigenvalue weighted by Gasteiger charge is 2.16. The van der Waals surface area contributed by atoms with Crippen molar-refractivity contribution in [3.05, 3.63) is 58.3 Å². The van der Waals surface area contributed by atoms with Gasteiger partial charge in [-0.3, -0.25) is 9.78 Å². The van der Waals surface area contributed by atoms with Crippen molar-refractivity contribution in [3.8, 4) is 11.1 Å². The smallest absolute Gasteiger partial charge is 0.267 e. The summed E-state index contributed by atoms with van der Waals surface area (Å²) in [6.07, 6.45) is 11.2. The molecule has 0 bridgehead atoms. The van der Waals surface area contributed by atoms with Crippen molar-refractivity contribution in [1.29, 1.82) is 0 Å². The Kier molecular flexibility index (Phi) is 4.35. The average molecular weight is 333 g/mol. The van der Waals surface area contributed by atoms with Crippen molar-refractivity contribution < 1.29 is 0 Å². The van der Waals surface area contributed by atoms with Crippen LogP contribution in [0.1, 0.15) is 56.2 Å². The number of fused-ring (bicyclic) bond motifs is 1. The number of rotatable bonds is 3. The van der Waals surface area contributed by atoms with E-state index in [1.165, 1.54) is 37.7 Å². The normalized spacial score (nSPS) is 15.6. The van der Waals surface area contributed by atoms with Crippen LogP contribution in [0.4, 0.5) is 0 Å². The number of nitrogens with one attached hydrogen (secondary N) is 1. The molecule has 0 aliphatic heterocycles. The van der Waals surface area contributed by atoms with Crippen molar-refractivity contribution in [2.75, 3.05) is 0 Å². The van der Waals surface area contributed by atoms with Crippen LogP contribution in [-0.2, 0) is 6.42 Å². The maximum Gasteiger partial charge on any atom is 0.272 e.